The number of aldehydes is 1. The fourth-order valence-corrected chi connectivity index (χ4v) is 1.08. The highest BCUT2D eigenvalue weighted by Crippen LogP contribution is 2.02. The topological polar surface area (TPSA) is 66.4 Å². The number of carboxylic acid groups (broad SMARTS) is 1. The van der Waals surface area contributed by atoms with Gasteiger partial charge in [-0.3, -0.25) is 4.79 Å². The van der Waals surface area contributed by atoms with Gasteiger partial charge in [0.15, 0.2) is 0 Å². The quantitative estimate of drug-likeness (QED) is 0.708. The van der Waals surface area contributed by atoms with E-state index in [-0.39, 0.29) is 0 Å². The van der Waals surface area contributed by atoms with Crippen LogP contribution in [0, 0.1) is 0 Å². The zero-order valence-corrected chi connectivity index (χ0v) is 7.56. The van der Waals surface area contributed by atoms with E-state index in [0.29, 0.717) is 18.5 Å². The Balaban J connectivity index is 2.43. The Morgan fingerprint density at radius 2 is 2.00 bits per heavy atom. The highest BCUT2D eigenvalue weighted by Gasteiger charge is 1.96. The summed E-state index contributed by atoms with van der Waals surface area (Å²) in [4.78, 5) is 20.5. The molecule has 1 rings (SSSR count). The maximum Gasteiger partial charge on any atom is 0.404 e. The summed E-state index contributed by atoms with van der Waals surface area (Å²) in [5, 5.41) is 10.6. The van der Waals surface area contributed by atoms with Gasteiger partial charge in [0.05, 0.1) is 0 Å². The van der Waals surface area contributed by atoms with Crippen LogP contribution < -0.4 is 5.32 Å². The van der Waals surface area contributed by atoms with Gasteiger partial charge in [0, 0.05) is 12.1 Å². The molecule has 0 aliphatic rings. The Hall–Kier alpha value is -1.84. The van der Waals surface area contributed by atoms with E-state index in [1.807, 2.05) is 12.1 Å². The fourth-order valence-electron chi connectivity index (χ4n) is 1.08. The Kier molecular flexibility index (Phi) is 3.67. The van der Waals surface area contributed by atoms with Crippen molar-refractivity contribution in [2.24, 2.45) is 0 Å². The molecule has 74 valence electrons. The Morgan fingerprint density at radius 1 is 1.36 bits per heavy atom. The summed E-state index contributed by atoms with van der Waals surface area (Å²) < 4.78 is 0. The summed E-state index contributed by atoms with van der Waals surface area (Å²) >= 11 is 0. The van der Waals surface area contributed by atoms with E-state index in [4.69, 9.17) is 5.11 Å². The van der Waals surface area contributed by atoms with Crippen LogP contribution in [0.4, 0.5) is 4.79 Å². The van der Waals surface area contributed by atoms with E-state index >= 15 is 0 Å². The van der Waals surface area contributed by atoms with Crippen molar-refractivity contribution in [2.45, 2.75) is 6.42 Å². The fraction of sp³-hybridized carbons (Fsp3) is 0.200. The van der Waals surface area contributed by atoms with Crippen molar-refractivity contribution in [2.75, 3.05) is 6.54 Å². The zero-order valence-electron chi connectivity index (χ0n) is 7.56. The van der Waals surface area contributed by atoms with Gasteiger partial charge in [0.1, 0.15) is 6.29 Å². The minimum Gasteiger partial charge on any atom is -0.465 e. The van der Waals surface area contributed by atoms with Crippen LogP contribution in [0.25, 0.3) is 0 Å². The van der Waals surface area contributed by atoms with Crippen LogP contribution in [0.2, 0.25) is 0 Å². The van der Waals surface area contributed by atoms with Gasteiger partial charge in [-0.15, -0.1) is 0 Å². The molecular formula is C10H11NO3. The van der Waals surface area contributed by atoms with Crippen molar-refractivity contribution in [1.82, 2.24) is 5.32 Å². The lowest BCUT2D eigenvalue weighted by Gasteiger charge is -2.01. The SMILES string of the molecule is O=Cc1ccc(CCNC(=O)O)cc1. The van der Waals surface area contributed by atoms with E-state index in [0.717, 1.165) is 11.8 Å². The van der Waals surface area contributed by atoms with Crippen LogP contribution in [-0.4, -0.2) is 24.0 Å². The first kappa shape index (κ1) is 10.2. The van der Waals surface area contributed by atoms with Crippen molar-refractivity contribution in [3.63, 3.8) is 0 Å². The number of hydrogen-bond acceptors (Lipinski definition) is 2. The van der Waals surface area contributed by atoms with E-state index < -0.39 is 6.09 Å². The van der Waals surface area contributed by atoms with E-state index in [1.165, 1.54) is 0 Å². The average molecular weight is 193 g/mol. The number of amides is 1. The molecule has 0 saturated heterocycles. The first-order valence-corrected chi connectivity index (χ1v) is 4.23. The second-order valence-electron chi connectivity index (χ2n) is 2.84. The Morgan fingerprint density at radius 3 is 2.50 bits per heavy atom. The molecule has 0 aromatic heterocycles. The van der Waals surface area contributed by atoms with Crippen LogP contribution in [-0.2, 0) is 6.42 Å². The Bertz CT molecular complexity index is 319. The molecule has 0 heterocycles. The van der Waals surface area contributed by atoms with Gasteiger partial charge in [-0.1, -0.05) is 24.3 Å². The van der Waals surface area contributed by atoms with Gasteiger partial charge in [0.25, 0.3) is 0 Å². The molecule has 1 amide bonds. The minimum absolute atomic E-state index is 0.385. The third-order valence-electron chi connectivity index (χ3n) is 1.81. The summed E-state index contributed by atoms with van der Waals surface area (Å²) in [6, 6.07) is 7.05. The molecule has 0 saturated carbocycles. The van der Waals surface area contributed by atoms with Crippen molar-refractivity contribution < 1.29 is 14.7 Å². The molecule has 0 unspecified atom stereocenters. The van der Waals surface area contributed by atoms with Gasteiger partial charge < -0.3 is 10.4 Å². The van der Waals surface area contributed by atoms with E-state index in [2.05, 4.69) is 5.32 Å². The monoisotopic (exact) mass is 193 g/mol. The van der Waals surface area contributed by atoms with Crippen LogP contribution >= 0.6 is 0 Å². The first-order chi connectivity index (χ1) is 6.72. The van der Waals surface area contributed by atoms with Crippen LogP contribution in [0.15, 0.2) is 24.3 Å². The van der Waals surface area contributed by atoms with Crippen molar-refractivity contribution in [3.05, 3.63) is 35.4 Å². The standard InChI is InChI=1S/C10H11NO3/c12-7-9-3-1-8(2-4-9)5-6-11-10(13)14/h1-4,7,11H,5-6H2,(H,13,14). The molecule has 4 heteroatoms. The number of carbonyl (C=O) groups is 2. The number of hydrogen-bond donors (Lipinski definition) is 2. The summed E-state index contributed by atoms with van der Waals surface area (Å²) in [5.74, 6) is 0. The molecule has 1 aromatic rings. The van der Waals surface area contributed by atoms with Gasteiger partial charge >= 0.3 is 6.09 Å². The zero-order chi connectivity index (χ0) is 10.4. The van der Waals surface area contributed by atoms with Gasteiger partial charge in [-0.05, 0) is 12.0 Å². The predicted octanol–water partition coefficient (Wildman–Crippen LogP) is 1.31. The molecule has 14 heavy (non-hydrogen) atoms. The number of benzene rings is 1. The predicted molar refractivity (Wildman–Crippen MR) is 51.6 cm³/mol. The lowest BCUT2D eigenvalue weighted by atomic mass is 10.1. The van der Waals surface area contributed by atoms with Crippen LogP contribution in [0.5, 0.6) is 0 Å². The second-order valence-corrected chi connectivity index (χ2v) is 2.84. The molecule has 0 aliphatic carbocycles. The third kappa shape index (κ3) is 3.26. The van der Waals surface area contributed by atoms with Crippen LogP contribution in [0.1, 0.15) is 15.9 Å². The maximum absolute atomic E-state index is 10.3. The van der Waals surface area contributed by atoms with E-state index in [1.54, 1.807) is 12.1 Å². The summed E-state index contributed by atoms with van der Waals surface area (Å²) in [5.41, 5.74) is 1.63. The van der Waals surface area contributed by atoms with Crippen LogP contribution in [0.3, 0.4) is 0 Å². The molecule has 0 aliphatic heterocycles. The molecule has 4 nitrogen and oxygen atoms in total. The third-order valence-corrected chi connectivity index (χ3v) is 1.81. The Labute approximate surface area is 81.6 Å². The number of rotatable bonds is 4. The van der Waals surface area contributed by atoms with Gasteiger partial charge in [-0.2, -0.15) is 0 Å². The van der Waals surface area contributed by atoms with Crippen molar-refractivity contribution in [1.29, 1.82) is 0 Å². The molecule has 0 fully saturated rings. The molecule has 0 spiro atoms. The highest BCUT2D eigenvalue weighted by molar-refractivity contribution is 5.74. The van der Waals surface area contributed by atoms with Crippen molar-refractivity contribution >= 4 is 12.4 Å². The number of nitrogens with one attached hydrogen (secondary N) is 1. The highest BCUT2D eigenvalue weighted by atomic mass is 16.4. The number of carbonyl (C=O) groups excluding carboxylic acids is 1. The summed E-state index contributed by atoms with van der Waals surface area (Å²) in [6.45, 7) is 0.385. The maximum atomic E-state index is 10.3. The molecule has 0 bridgehead atoms. The lowest BCUT2D eigenvalue weighted by Crippen LogP contribution is -2.23. The second kappa shape index (κ2) is 5.01. The smallest absolute Gasteiger partial charge is 0.404 e. The average Bonchev–Trinajstić information content (AvgIpc) is 2.18. The molecule has 2 N–H and O–H groups in total. The van der Waals surface area contributed by atoms with Crippen molar-refractivity contribution in [3.8, 4) is 0 Å². The normalized spacial score (nSPS) is 9.43. The molecule has 1 aromatic carbocycles. The van der Waals surface area contributed by atoms with Gasteiger partial charge in [-0.25, -0.2) is 4.79 Å². The van der Waals surface area contributed by atoms with Gasteiger partial charge in [0.2, 0.25) is 0 Å². The largest absolute Gasteiger partial charge is 0.465 e. The minimum atomic E-state index is -1.02. The lowest BCUT2D eigenvalue weighted by molar-refractivity contribution is 0.112. The first-order valence-electron chi connectivity index (χ1n) is 4.23. The summed E-state index contributed by atoms with van der Waals surface area (Å²) in [7, 11) is 0. The molecular weight excluding hydrogens is 182 g/mol. The molecule has 0 radical (unpaired) electrons. The van der Waals surface area contributed by atoms with E-state index in [9.17, 15) is 9.59 Å². The summed E-state index contributed by atoms with van der Waals surface area (Å²) in [6.07, 6.45) is 0.388. The molecule has 0 atom stereocenters.